The van der Waals surface area contributed by atoms with E-state index in [0.717, 1.165) is 34.1 Å². The maximum Gasteiger partial charge on any atom is 0.407 e. The summed E-state index contributed by atoms with van der Waals surface area (Å²) in [5.41, 5.74) is 2.80. The Hall–Kier alpha value is -2.34. The first-order valence-electron chi connectivity index (χ1n) is 10.6. The highest BCUT2D eigenvalue weighted by Gasteiger charge is 2.48. The fourth-order valence-corrected chi connectivity index (χ4v) is 4.90. The summed E-state index contributed by atoms with van der Waals surface area (Å²) in [6, 6.07) is 15.5. The lowest BCUT2D eigenvalue weighted by molar-refractivity contribution is -0.119. The second-order valence-electron chi connectivity index (χ2n) is 8.19. The number of benzene rings is 2. The molecule has 1 heterocycles. The number of nitrogens with one attached hydrogen (secondary N) is 1. The van der Waals surface area contributed by atoms with Crippen LogP contribution in [0.3, 0.4) is 0 Å². The minimum absolute atomic E-state index is 0.0825. The molecule has 1 aliphatic heterocycles. The molecular weight excluding hydrogens is 444 g/mol. The van der Waals surface area contributed by atoms with Crippen LogP contribution in [0.25, 0.3) is 0 Å². The Bertz CT molecular complexity index is 929. The number of hydrogen-bond acceptors (Lipinski definition) is 3. The molecule has 2 aliphatic rings. The Morgan fingerprint density at radius 3 is 2.57 bits per heavy atom. The van der Waals surface area contributed by atoms with E-state index >= 15 is 0 Å². The van der Waals surface area contributed by atoms with Crippen molar-refractivity contribution < 1.29 is 14.3 Å². The van der Waals surface area contributed by atoms with Gasteiger partial charge in [0.1, 0.15) is 6.61 Å². The number of alkyl carbamates (subject to hydrolysis) is 1. The molecule has 1 aliphatic carbocycles. The van der Waals surface area contributed by atoms with Gasteiger partial charge in [-0.1, -0.05) is 60.1 Å². The molecule has 0 spiro atoms. The average molecular weight is 471 g/mol. The third-order valence-corrected chi connectivity index (χ3v) is 6.60. The van der Waals surface area contributed by atoms with Gasteiger partial charge in [-0.15, -0.1) is 0 Å². The second-order valence-corrected chi connectivity index (χ2v) is 9.11. The summed E-state index contributed by atoms with van der Waals surface area (Å²) in [7, 11) is 0. The molecule has 4 rings (SSSR count). The van der Waals surface area contributed by atoms with Crippen molar-refractivity contribution in [1.29, 1.82) is 0 Å². The lowest BCUT2D eigenvalue weighted by atomic mass is 9.80. The number of nitrogens with zero attached hydrogens (tertiary/aromatic N) is 1. The van der Waals surface area contributed by atoms with Crippen molar-refractivity contribution in [2.75, 3.05) is 4.90 Å². The van der Waals surface area contributed by atoms with E-state index in [1.54, 1.807) is 0 Å². The number of carbonyl (C=O) groups is 2. The first-order valence-corrected chi connectivity index (χ1v) is 11.4. The van der Waals surface area contributed by atoms with E-state index in [2.05, 4.69) is 28.2 Å². The van der Waals surface area contributed by atoms with Gasteiger partial charge in [0.15, 0.2) is 0 Å². The number of fused-ring (bicyclic) bond motifs is 1. The predicted octanol–water partition coefficient (Wildman–Crippen LogP) is 5.59. The molecule has 30 heavy (non-hydrogen) atoms. The molecule has 1 fully saturated rings. The van der Waals surface area contributed by atoms with Gasteiger partial charge in [0.25, 0.3) is 0 Å². The van der Waals surface area contributed by atoms with Crippen molar-refractivity contribution in [2.24, 2.45) is 11.8 Å². The summed E-state index contributed by atoms with van der Waals surface area (Å²) in [5, 5.41) is 3.09. The molecule has 1 saturated carbocycles. The molecule has 0 bridgehead atoms. The monoisotopic (exact) mass is 470 g/mol. The number of ether oxygens (including phenoxy) is 1. The van der Waals surface area contributed by atoms with Crippen LogP contribution in [-0.2, 0) is 16.1 Å². The molecule has 0 radical (unpaired) electrons. The van der Waals surface area contributed by atoms with Crippen LogP contribution < -0.4 is 10.2 Å². The molecule has 0 saturated heterocycles. The number of rotatable bonds is 5. The molecule has 3 atom stereocenters. The van der Waals surface area contributed by atoms with E-state index < -0.39 is 6.09 Å². The third-order valence-electron chi connectivity index (χ3n) is 6.11. The highest BCUT2D eigenvalue weighted by Crippen LogP contribution is 2.49. The first-order chi connectivity index (χ1) is 14.5. The van der Waals surface area contributed by atoms with Crippen LogP contribution in [0.2, 0.25) is 0 Å². The molecule has 2 aromatic carbocycles. The van der Waals surface area contributed by atoms with Gasteiger partial charge in [0.2, 0.25) is 5.91 Å². The summed E-state index contributed by atoms with van der Waals surface area (Å²) in [6.45, 7) is 4.26. The van der Waals surface area contributed by atoms with Crippen LogP contribution in [0.4, 0.5) is 10.5 Å². The van der Waals surface area contributed by atoms with Gasteiger partial charge in [-0.3, -0.25) is 4.79 Å². The highest BCUT2D eigenvalue weighted by atomic mass is 79.9. The number of carbonyl (C=O) groups excluding carboxylic acids is 2. The number of hydrogen-bond donors (Lipinski definition) is 1. The molecule has 0 aromatic heterocycles. The van der Waals surface area contributed by atoms with Gasteiger partial charge in [-0.2, -0.15) is 0 Å². The van der Waals surface area contributed by atoms with E-state index in [1.807, 2.05) is 60.4 Å². The summed E-state index contributed by atoms with van der Waals surface area (Å²) >= 11 is 3.55. The Morgan fingerprint density at radius 1 is 1.17 bits per heavy atom. The van der Waals surface area contributed by atoms with Gasteiger partial charge < -0.3 is 15.0 Å². The number of amides is 2. The molecule has 6 heteroatoms. The van der Waals surface area contributed by atoms with Crippen LogP contribution in [-0.4, -0.2) is 18.0 Å². The van der Waals surface area contributed by atoms with Crippen molar-refractivity contribution in [3.63, 3.8) is 0 Å². The van der Waals surface area contributed by atoms with Crippen molar-refractivity contribution in [2.45, 2.75) is 51.8 Å². The summed E-state index contributed by atoms with van der Waals surface area (Å²) in [6.07, 6.45) is 2.27. The zero-order valence-corrected chi connectivity index (χ0v) is 18.9. The predicted molar refractivity (Wildman–Crippen MR) is 120 cm³/mol. The zero-order chi connectivity index (χ0) is 21.3. The largest absolute Gasteiger partial charge is 0.445 e. The quantitative estimate of drug-likeness (QED) is 0.619. The number of anilines is 1. The first kappa shape index (κ1) is 20.9. The minimum atomic E-state index is -0.438. The summed E-state index contributed by atoms with van der Waals surface area (Å²) in [5.74, 6) is 0.698. The Morgan fingerprint density at radius 2 is 1.90 bits per heavy atom. The summed E-state index contributed by atoms with van der Waals surface area (Å²) < 4.78 is 6.41. The summed E-state index contributed by atoms with van der Waals surface area (Å²) in [4.78, 5) is 27.5. The molecule has 158 valence electrons. The van der Waals surface area contributed by atoms with Crippen LogP contribution in [0.1, 0.15) is 50.3 Å². The topological polar surface area (TPSA) is 58.6 Å². The van der Waals surface area contributed by atoms with E-state index in [0.29, 0.717) is 12.3 Å². The van der Waals surface area contributed by atoms with Crippen molar-refractivity contribution in [3.8, 4) is 0 Å². The maximum absolute atomic E-state index is 12.9. The fraction of sp³-hybridized carbons (Fsp3) is 0.417. The normalized spacial score (nSPS) is 22.9. The zero-order valence-electron chi connectivity index (χ0n) is 17.3. The van der Waals surface area contributed by atoms with Gasteiger partial charge in [0, 0.05) is 28.5 Å². The van der Waals surface area contributed by atoms with Crippen LogP contribution in [0, 0.1) is 11.8 Å². The Kier molecular flexibility index (Phi) is 6.14. The number of halogens is 1. The minimum Gasteiger partial charge on any atom is -0.445 e. The smallest absolute Gasteiger partial charge is 0.407 e. The van der Waals surface area contributed by atoms with E-state index in [4.69, 9.17) is 4.74 Å². The highest BCUT2D eigenvalue weighted by molar-refractivity contribution is 9.10. The van der Waals surface area contributed by atoms with Crippen molar-refractivity contribution in [1.82, 2.24) is 5.32 Å². The van der Waals surface area contributed by atoms with E-state index in [-0.39, 0.29) is 30.5 Å². The van der Waals surface area contributed by atoms with Crippen LogP contribution in [0.5, 0.6) is 0 Å². The molecule has 3 unspecified atom stereocenters. The Balaban J connectivity index is 1.60. The van der Waals surface area contributed by atoms with E-state index in [9.17, 15) is 9.59 Å². The lowest BCUT2D eigenvalue weighted by Gasteiger charge is -2.45. The molecule has 1 N–H and O–H groups in total. The maximum atomic E-state index is 12.9. The molecular formula is C24H27BrN2O3. The fourth-order valence-electron chi connectivity index (χ4n) is 4.52. The standard InChI is InChI=1S/C24H27BrN2O3/c1-3-21(28)27-20-12-11-18(25)13-19(20)22(15(2)23(27)17-9-10-17)26-24(29)30-14-16-7-5-4-6-8-16/h4-8,11-13,15,17,22-23H,3,9-10,14H2,1-2H3,(H,26,29). The van der Waals surface area contributed by atoms with Gasteiger partial charge >= 0.3 is 6.09 Å². The molecule has 2 amide bonds. The second kappa shape index (κ2) is 8.80. The SMILES string of the molecule is CCC(=O)N1c2ccc(Br)cc2C(NC(=O)OCc2ccccc2)C(C)C1C1CC1. The third kappa shape index (κ3) is 4.24. The molecule has 2 aromatic rings. The van der Waals surface area contributed by atoms with Crippen LogP contribution >= 0.6 is 15.9 Å². The van der Waals surface area contributed by atoms with Gasteiger partial charge in [-0.05, 0) is 48.1 Å². The van der Waals surface area contributed by atoms with Crippen molar-refractivity contribution in [3.05, 3.63) is 64.1 Å². The van der Waals surface area contributed by atoms with E-state index in [1.165, 1.54) is 0 Å². The van der Waals surface area contributed by atoms with Gasteiger partial charge in [-0.25, -0.2) is 4.79 Å². The van der Waals surface area contributed by atoms with Gasteiger partial charge in [0.05, 0.1) is 6.04 Å². The van der Waals surface area contributed by atoms with Crippen molar-refractivity contribution >= 4 is 33.6 Å². The Labute approximate surface area is 185 Å². The molecule has 5 nitrogen and oxygen atoms in total. The average Bonchev–Trinajstić information content (AvgIpc) is 3.59. The van der Waals surface area contributed by atoms with Crippen LogP contribution in [0.15, 0.2) is 53.0 Å². The lowest BCUT2D eigenvalue weighted by Crippen LogP contribution is -2.53.